The Bertz CT molecular complexity index is 2460. The highest BCUT2D eigenvalue weighted by molar-refractivity contribution is 8.03. The Morgan fingerprint density at radius 1 is 0.859 bits per heavy atom. The standard InChI is InChI=1S/C50H66N4O7S3/c1-49(2)41-19-6-8-21-43(41)53(33-12-14-35-63(56,57)58)45(49)29-25-37-17-16-18-38(47(37)62-40-27-23-39(24-28-40)48(55)52-32-11-5-10-31-51)26-30-46-50(3,4)42-20-7-9-22-44(42)54(46)34-13-15-36-64(59,60)61/h6-9,19-30,41,43H,5,10-18,31-36,51H2,1-4H3,(H2-,52,55,56,57,58,59,60,61)/p+1. The SMILES string of the molecule is CC1(C)/C(=C\C=C2/CCCC(/C=C/C3=[N+](CCCCS(=O)(=O)O)C4C=CC=CC4C3(C)C)=C2Sc2ccc(C(=O)NCCCCCN)cc2)N(CCCCS(=O)(=O)O)c2ccccc21. The van der Waals surface area contributed by atoms with Crippen LogP contribution in [-0.2, 0) is 25.7 Å². The Labute approximate surface area is 385 Å². The van der Waals surface area contributed by atoms with Gasteiger partial charge in [0.2, 0.25) is 0 Å². The number of fused-ring (bicyclic) bond motifs is 2. The topological polar surface area (TPSA) is 170 Å². The fourth-order valence-corrected chi connectivity index (χ4v) is 11.8. The number of allylic oxidation sites excluding steroid dienone is 9. The maximum Gasteiger partial charge on any atom is 0.264 e. The van der Waals surface area contributed by atoms with Crippen LogP contribution in [-0.4, -0.2) is 85.9 Å². The first-order chi connectivity index (χ1) is 30.4. The molecule has 0 saturated heterocycles. The lowest BCUT2D eigenvalue weighted by molar-refractivity contribution is -0.550. The summed E-state index contributed by atoms with van der Waals surface area (Å²) in [5.74, 6) is -0.377. The Morgan fingerprint density at radius 3 is 2.28 bits per heavy atom. The molecule has 64 heavy (non-hydrogen) atoms. The van der Waals surface area contributed by atoms with Gasteiger partial charge in [0.15, 0.2) is 11.8 Å². The molecule has 11 nitrogen and oxygen atoms in total. The summed E-state index contributed by atoms with van der Waals surface area (Å²) in [4.78, 5) is 17.5. The molecule has 6 rings (SSSR count). The smallest absolute Gasteiger partial charge is 0.264 e. The number of nitrogens with one attached hydrogen (secondary N) is 1. The lowest BCUT2D eigenvalue weighted by Crippen LogP contribution is -2.30. The predicted octanol–water partition coefficient (Wildman–Crippen LogP) is 9.18. The van der Waals surface area contributed by atoms with Gasteiger partial charge in [-0.05, 0) is 131 Å². The van der Waals surface area contributed by atoms with E-state index in [0.29, 0.717) is 57.4 Å². The molecule has 2 aliphatic carbocycles. The van der Waals surface area contributed by atoms with E-state index in [1.807, 2.05) is 30.3 Å². The monoisotopic (exact) mass is 931 g/mol. The first kappa shape index (κ1) is 49.4. The van der Waals surface area contributed by atoms with Gasteiger partial charge >= 0.3 is 0 Å². The lowest BCUT2D eigenvalue weighted by Gasteiger charge is -2.27. The number of nitrogens with two attached hydrogens (primary N) is 1. The quantitative estimate of drug-likeness (QED) is 0.0538. The molecule has 0 bridgehead atoms. The second-order valence-electron chi connectivity index (χ2n) is 18.4. The molecule has 0 fully saturated rings. The molecule has 2 heterocycles. The molecule has 2 aromatic rings. The van der Waals surface area contributed by atoms with E-state index >= 15 is 0 Å². The van der Waals surface area contributed by atoms with Gasteiger partial charge in [-0.1, -0.05) is 80.6 Å². The van der Waals surface area contributed by atoms with Crippen LogP contribution < -0.4 is 16.0 Å². The number of hydrogen-bond acceptors (Lipinski definition) is 8. The van der Waals surface area contributed by atoms with Crippen LogP contribution in [0.25, 0.3) is 0 Å². The number of unbranched alkanes of at least 4 members (excludes halogenated alkanes) is 4. The van der Waals surface area contributed by atoms with E-state index in [1.54, 1.807) is 11.8 Å². The van der Waals surface area contributed by atoms with Crippen LogP contribution in [0.3, 0.4) is 0 Å². The van der Waals surface area contributed by atoms with Gasteiger partial charge < -0.3 is 16.0 Å². The second-order valence-corrected chi connectivity index (χ2v) is 22.6. The Kier molecular flexibility index (Phi) is 16.6. The molecule has 0 spiro atoms. The molecule has 5 N–H and O–H groups in total. The number of benzene rings is 2. The van der Waals surface area contributed by atoms with Crippen LogP contribution in [0.4, 0.5) is 5.69 Å². The van der Waals surface area contributed by atoms with Gasteiger partial charge in [-0.25, -0.2) is 4.58 Å². The van der Waals surface area contributed by atoms with Crippen LogP contribution in [0.2, 0.25) is 0 Å². The number of carbonyl (C=O) groups excluding carboxylic acids is 1. The normalized spacial score (nSPS) is 21.7. The summed E-state index contributed by atoms with van der Waals surface area (Å²) in [5, 5.41) is 3.04. The summed E-state index contributed by atoms with van der Waals surface area (Å²) in [6, 6.07) is 16.3. The first-order valence-corrected chi connectivity index (χ1v) is 26.8. The van der Waals surface area contributed by atoms with Gasteiger partial charge in [0.1, 0.15) is 6.54 Å². The van der Waals surface area contributed by atoms with Gasteiger partial charge in [-0.15, -0.1) is 0 Å². The fourth-order valence-electron chi connectivity index (χ4n) is 9.60. The largest absolute Gasteiger partial charge is 0.352 e. The number of para-hydroxylation sites is 1. The summed E-state index contributed by atoms with van der Waals surface area (Å²) in [5.41, 5.74) is 12.8. The van der Waals surface area contributed by atoms with Crippen molar-refractivity contribution in [3.8, 4) is 0 Å². The van der Waals surface area contributed by atoms with Crippen LogP contribution in [0.15, 0.2) is 124 Å². The minimum atomic E-state index is -4.05. The Morgan fingerprint density at radius 2 is 1.56 bits per heavy atom. The molecule has 2 aliphatic heterocycles. The second kappa shape index (κ2) is 21.5. The number of thioether (sulfide) groups is 1. The van der Waals surface area contributed by atoms with Crippen molar-refractivity contribution in [2.45, 2.75) is 108 Å². The number of hydrogen-bond donors (Lipinski definition) is 4. The molecule has 0 saturated carbocycles. The zero-order valence-corrected chi connectivity index (χ0v) is 40.3. The van der Waals surface area contributed by atoms with Crippen LogP contribution in [0.5, 0.6) is 0 Å². The summed E-state index contributed by atoms with van der Waals surface area (Å²) in [6.07, 6.45) is 25.2. The van der Waals surface area contributed by atoms with Gasteiger partial charge in [0.05, 0.1) is 22.8 Å². The highest BCUT2D eigenvalue weighted by Gasteiger charge is 2.52. The van der Waals surface area contributed by atoms with E-state index in [2.05, 4.69) is 109 Å². The van der Waals surface area contributed by atoms with E-state index in [9.17, 15) is 30.7 Å². The third-order valence-electron chi connectivity index (χ3n) is 13.0. The number of amides is 1. The first-order valence-electron chi connectivity index (χ1n) is 22.8. The minimum absolute atomic E-state index is 0.0938. The van der Waals surface area contributed by atoms with Crippen LogP contribution in [0.1, 0.15) is 108 Å². The van der Waals surface area contributed by atoms with Gasteiger partial charge in [-0.2, -0.15) is 16.8 Å². The highest BCUT2D eigenvalue weighted by atomic mass is 32.2. The number of nitrogens with zero attached hydrogens (tertiary/aromatic N) is 2. The van der Waals surface area contributed by atoms with E-state index in [1.165, 1.54) is 22.4 Å². The zero-order valence-electron chi connectivity index (χ0n) is 37.8. The Hall–Kier alpha value is -4.05. The average Bonchev–Trinajstić information content (AvgIpc) is 3.60. The van der Waals surface area contributed by atoms with Crippen molar-refractivity contribution >= 4 is 49.3 Å². The maximum atomic E-state index is 13.0. The van der Waals surface area contributed by atoms with Gasteiger partial charge in [0.25, 0.3) is 26.1 Å². The van der Waals surface area contributed by atoms with E-state index in [0.717, 1.165) is 59.7 Å². The summed E-state index contributed by atoms with van der Waals surface area (Å²) in [6.45, 7) is 11.5. The van der Waals surface area contributed by atoms with Crippen molar-refractivity contribution < 1.29 is 35.3 Å². The van der Waals surface area contributed by atoms with Crippen molar-refractivity contribution in [3.05, 3.63) is 130 Å². The van der Waals surface area contributed by atoms with E-state index in [-0.39, 0.29) is 40.2 Å². The zero-order chi connectivity index (χ0) is 46.1. The molecule has 4 aliphatic rings. The minimum Gasteiger partial charge on any atom is -0.352 e. The summed E-state index contributed by atoms with van der Waals surface area (Å²) >= 11 is 1.71. The van der Waals surface area contributed by atoms with Crippen molar-refractivity contribution in [1.82, 2.24) is 5.32 Å². The van der Waals surface area contributed by atoms with Crippen molar-refractivity contribution in [3.63, 3.8) is 0 Å². The van der Waals surface area contributed by atoms with Crippen molar-refractivity contribution in [2.24, 2.45) is 17.1 Å². The Balaban J connectivity index is 1.38. The van der Waals surface area contributed by atoms with Gasteiger partial charge in [0, 0.05) is 57.7 Å². The van der Waals surface area contributed by atoms with E-state index in [4.69, 9.17) is 5.73 Å². The number of rotatable bonds is 21. The molecule has 2 atom stereocenters. The summed E-state index contributed by atoms with van der Waals surface area (Å²) in [7, 11) is -8.08. The third-order valence-corrected chi connectivity index (χ3v) is 15.9. The van der Waals surface area contributed by atoms with Crippen LogP contribution >= 0.6 is 11.8 Å². The average molecular weight is 932 g/mol. The van der Waals surface area contributed by atoms with E-state index < -0.39 is 20.2 Å². The number of carbonyl (C=O) groups is 1. The molecule has 2 aromatic carbocycles. The molecular formula is C50H67N4O7S3+. The van der Waals surface area contributed by atoms with Gasteiger partial charge in [-0.3, -0.25) is 13.9 Å². The molecule has 0 aromatic heterocycles. The van der Waals surface area contributed by atoms with Crippen molar-refractivity contribution in [1.29, 1.82) is 0 Å². The fraction of sp³-hybridized carbons (Fsp3) is 0.480. The molecule has 14 heteroatoms. The maximum absolute atomic E-state index is 13.0. The lowest BCUT2D eigenvalue weighted by atomic mass is 9.73. The molecule has 346 valence electrons. The predicted molar refractivity (Wildman–Crippen MR) is 261 cm³/mol. The third kappa shape index (κ3) is 12.4. The molecule has 1 amide bonds. The number of anilines is 1. The molecule has 0 radical (unpaired) electrons. The summed E-state index contributed by atoms with van der Waals surface area (Å²) < 4.78 is 67.4. The molecule has 2 unspecified atom stereocenters. The van der Waals surface area contributed by atoms with Crippen LogP contribution in [0, 0.1) is 11.3 Å². The highest BCUT2D eigenvalue weighted by Crippen LogP contribution is 2.49. The molecular weight excluding hydrogens is 865 g/mol. The van der Waals surface area contributed by atoms with Crippen molar-refractivity contribution in [2.75, 3.05) is 42.6 Å².